The lowest BCUT2D eigenvalue weighted by Gasteiger charge is -2.15. The van der Waals surface area contributed by atoms with Crippen molar-refractivity contribution in [3.05, 3.63) is 81.1 Å². The van der Waals surface area contributed by atoms with Crippen molar-refractivity contribution in [3.63, 3.8) is 0 Å². The highest BCUT2D eigenvalue weighted by Gasteiger charge is 2.19. The zero-order valence-electron chi connectivity index (χ0n) is 21.0. The van der Waals surface area contributed by atoms with E-state index in [9.17, 15) is 9.36 Å². The molecule has 0 saturated carbocycles. The van der Waals surface area contributed by atoms with Crippen LogP contribution in [0.15, 0.2) is 48.5 Å². The van der Waals surface area contributed by atoms with Gasteiger partial charge in [0.05, 0.1) is 18.4 Å². The van der Waals surface area contributed by atoms with Gasteiger partial charge in [0.2, 0.25) is 7.37 Å². The number of nitrogens with one attached hydrogen (secondary N) is 1. The molecule has 1 aromatic heterocycles. The van der Waals surface area contributed by atoms with E-state index in [0.29, 0.717) is 28.8 Å². The largest absolute Gasteiger partial charge is 0.448 e. The zero-order valence-corrected chi connectivity index (χ0v) is 23.4. The number of benzene rings is 2. The molecule has 1 N–H and O–H groups in total. The monoisotopic (exact) mass is 551 g/mol. The lowest BCUT2D eigenvalue weighted by molar-refractivity contribution is 0.141. The van der Waals surface area contributed by atoms with Crippen LogP contribution in [0.2, 0.25) is 10.0 Å². The number of ether oxygens (including phenoxy) is 1. The Labute approximate surface area is 222 Å². The van der Waals surface area contributed by atoms with Gasteiger partial charge in [0.15, 0.2) is 0 Å². The van der Waals surface area contributed by atoms with Crippen molar-refractivity contribution in [2.45, 2.75) is 39.7 Å². The number of carbonyl (C=O) groups excluding carboxylic acids is 1. The Morgan fingerprint density at radius 2 is 1.81 bits per heavy atom. The SMILES string of the molecule is Cc1c(Cc2cc(Cl)cc(Cl)c2)c(C(C)C)nn1CCOC(=O)NCCP(C)(=O)Oc1ccccc1. The molecule has 36 heavy (non-hydrogen) atoms. The van der Waals surface area contributed by atoms with E-state index in [1.54, 1.807) is 24.9 Å². The number of alkyl carbamates (subject to hydrolysis) is 1. The van der Waals surface area contributed by atoms with Crippen molar-refractivity contribution in [2.24, 2.45) is 0 Å². The van der Waals surface area contributed by atoms with Crippen molar-refractivity contribution in [1.29, 1.82) is 0 Å². The van der Waals surface area contributed by atoms with Gasteiger partial charge in [-0.15, -0.1) is 0 Å². The van der Waals surface area contributed by atoms with E-state index < -0.39 is 13.5 Å². The van der Waals surface area contributed by atoms with Gasteiger partial charge in [0.25, 0.3) is 0 Å². The van der Waals surface area contributed by atoms with Crippen LogP contribution in [0, 0.1) is 6.92 Å². The fourth-order valence-electron chi connectivity index (χ4n) is 3.81. The van der Waals surface area contributed by atoms with E-state index in [0.717, 1.165) is 22.5 Å². The molecule has 1 heterocycles. The summed E-state index contributed by atoms with van der Waals surface area (Å²) in [6.07, 6.45) is 0.282. The average Bonchev–Trinajstić information content (AvgIpc) is 3.09. The van der Waals surface area contributed by atoms with Crippen LogP contribution in [0.1, 0.15) is 42.3 Å². The second-order valence-corrected chi connectivity index (χ2v) is 12.5. The lowest BCUT2D eigenvalue weighted by atomic mass is 9.98. The maximum absolute atomic E-state index is 12.6. The van der Waals surface area contributed by atoms with Crippen molar-refractivity contribution in [3.8, 4) is 5.75 Å². The van der Waals surface area contributed by atoms with Gasteiger partial charge in [-0.2, -0.15) is 5.10 Å². The van der Waals surface area contributed by atoms with Crippen LogP contribution in [0.25, 0.3) is 0 Å². The quantitative estimate of drug-likeness (QED) is 0.261. The lowest BCUT2D eigenvalue weighted by Crippen LogP contribution is -2.28. The summed E-state index contributed by atoms with van der Waals surface area (Å²) in [5, 5.41) is 8.60. The number of amides is 1. The Morgan fingerprint density at radius 3 is 2.44 bits per heavy atom. The number of nitrogens with zero attached hydrogens (tertiary/aromatic N) is 2. The van der Waals surface area contributed by atoms with Crippen LogP contribution < -0.4 is 9.84 Å². The predicted octanol–water partition coefficient (Wildman–Crippen LogP) is 6.93. The third-order valence-electron chi connectivity index (χ3n) is 5.58. The van der Waals surface area contributed by atoms with E-state index in [1.807, 2.05) is 41.9 Å². The Bertz CT molecular complexity index is 1210. The standard InChI is InChI=1S/C26H32Cl2N3O4P/c1-18(2)25-24(16-20-14-21(27)17-22(28)15-20)19(3)31(30-25)11-12-34-26(32)29-10-13-36(4,33)35-23-8-6-5-7-9-23/h5-9,14-15,17-18H,10-13,16H2,1-4H3,(H,29,32). The first-order valence-corrected chi connectivity index (χ1v) is 14.8. The topological polar surface area (TPSA) is 82.5 Å². The van der Waals surface area contributed by atoms with Crippen LogP contribution >= 0.6 is 30.6 Å². The van der Waals surface area contributed by atoms with Crippen molar-refractivity contribution >= 4 is 36.7 Å². The summed E-state index contributed by atoms with van der Waals surface area (Å²) in [4.78, 5) is 12.1. The van der Waals surface area contributed by atoms with Gasteiger partial charge in [-0.25, -0.2) is 4.79 Å². The molecule has 0 spiro atoms. The Hall–Kier alpha value is -2.47. The summed E-state index contributed by atoms with van der Waals surface area (Å²) < 4.78 is 25.4. The first kappa shape index (κ1) is 28.1. The van der Waals surface area contributed by atoms with E-state index in [-0.39, 0.29) is 25.2 Å². The summed E-state index contributed by atoms with van der Waals surface area (Å²) in [6.45, 7) is 8.50. The number of hydrogen-bond acceptors (Lipinski definition) is 5. The predicted molar refractivity (Wildman–Crippen MR) is 145 cm³/mol. The first-order valence-electron chi connectivity index (χ1n) is 11.8. The van der Waals surface area contributed by atoms with Gasteiger partial charge in [-0.1, -0.05) is 55.2 Å². The molecule has 3 rings (SSSR count). The molecule has 1 amide bonds. The zero-order chi connectivity index (χ0) is 26.3. The molecule has 0 aliphatic heterocycles. The van der Waals surface area contributed by atoms with E-state index in [4.69, 9.17) is 37.6 Å². The van der Waals surface area contributed by atoms with Crippen molar-refractivity contribution < 1.29 is 18.6 Å². The number of aromatic nitrogens is 2. The highest BCUT2D eigenvalue weighted by atomic mass is 35.5. The van der Waals surface area contributed by atoms with Gasteiger partial charge in [-0.05, 0) is 48.7 Å². The maximum atomic E-state index is 12.6. The number of carbonyl (C=O) groups is 1. The van der Waals surface area contributed by atoms with E-state index in [1.165, 1.54) is 0 Å². The number of hydrogen-bond donors (Lipinski definition) is 1. The second kappa shape index (κ2) is 12.7. The summed E-state index contributed by atoms with van der Waals surface area (Å²) in [7, 11) is -2.90. The first-order chi connectivity index (χ1) is 17.0. The van der Waals surface area contributed by atoms with Gasteiger partial charge in [-0.3, -0.25) is 9.25 Å². The minimum absolute atomic E-state index is 0.151. The van der Waals surface area contributed by atoms with E-state index in [2.05, 4.69) is 19.2 Å². The molecule has 0 aliphatic rings. The number of para-hydroxylation sites is 1. The van der Waals surface area contributed by atoms with Crippen LogP contribution in [0.3, 0.4) is 0 Å². The molecule has 0 aliphatic carbocycles. The molecule has 1 unspecified atom stereocenters. The molecule has 0 fully saturated rings. The second-order valence-electron chi connectivity index (χ2n) is 8.99. The molecule has 194 valence electrons. The maximum Gasteiger partial charge on any atom is 0.407 e. The van der Waals surface area contributed by atoms with Crippen LogP contribution in [-0.2, 0) is 22.3 Å². The Balaban J connectivity index is 1.51. The molecular formula is C26H32Cl2N3O4P. The Kier molecular flexibility index (Phi) is 9.89. The molecule has 10 heteroatoms. The van der Waals surface area contributed by atoms with Crippen LogP contribution in [0.5, 0.6) is 5.75 Å². The highest BCUT2D eigenvalue weighted by molar-refractivity contribution is 7.58. The molecule has 1 atom stereocenters. The van der Waals surface area contributed by atoms with Gasteiger partial charge in [0, 0.05) is 40.9 Å². The fraction of sp³-hybridized carbons (Fsp3) is 0.385. The minimum Gasteiger partial charge on any atom is -0.448 e. The third-order valence-corrected chi connectivity index (χ3v) is 7.65. The molecule has 0 bridgehead atoms. The third kappa shape index (κ3) is 8.29. The number of halogens is 2. The molecule has 7 nitrogen and oxygen atoms in total. The number of rotatable bonds is 11. The Morgan fingerprint density at radius 1 is 1.14 bits per heavy atom. The molecule has 3 aromatic rings. The summed E-state index contributed by atoms with van der Waals surface area (Å²) in [5.74, 6) is 0.765. The fourth-order valence-corrected chi connectivity index (χ4v) is 5.56. The van der Waals surface area contributed by atoms with Gasteiger partial charge < -0.3 is 14.6 Å². The summed E-state index contributed by atoms with van der Waals surface area (Å²) >= 11 is 12.4. The highest BCUT2D eigenvalue weighted by Crippen LogP contribution is 2.42. The smallest absolute Gasteiger partial charge is 0.407 e. The molecule has 2 aromatic carbocycles. The molecule has 0 radical (unpaired) electrons. The molecular weight excluding hydrogens is 520 g/mol. The van der Waals surface area contributed by atoms with Crippen LogP contribution in [0.4, 0.5) is 4.79 Å². The summed E-state index contributed by atoms with van der Waals surface area (Å²) in [5.41, 5.74) is 4.12. The minimum atomic E-state index is -2.90. The molecule has 0 saturated heterocycles. The van der Waals surface area contributed by atoms with Crippen molar-refractivity contribution in [1.82, 2.24) is 15.1 Å². The van der Waals surface area contributed by atoms with Crippen molar-refractivity contribution in [2.75, 3.05) is 26.0 Å². The van der Waals surface area contributed by atoms with Crippen LogP contribution in [-0.4, -0.2) is 41.9 Å². The normalized spacial score (nSPS) is 12.9. The van der Waals surface area contributed by atoms with E-state index >= 15 is 0 Å². The van der Waals surface area contributed by atoms with Gasteiger partial charge >= 0.3 is 6.09 Å². The van der Waals surface area contributed by atoms with Gasteiger partial charge in [0.1, 0.15) is 12.4 Å². The average molecular weight is 552 g/mol. The summed E-state index contributed by atoms with van der Waals surface area (Å²) in [6, 6.07) is 14.5.